The summed E-state index contributed by atoms with van der Waals surface area (Å²) in [5.74, 6) is 0. The predicted molar refractivity (Wildman–Crippen MR) is 81.7 cm³/mol. The first kappa shape index (κ1) is 14.6. The third kappa shape index (κ3) is 3.01. The van der Waals surface area contributed by atoms with Crippen molar-refractivity contribution in [2.24, 2.45) is 0 Å². The molecular formula is C17H19BNO. The molecule has 101 valence electrons. The van der Waals surface area contributed by atoms with E-state index >= 15 is 0 Å². The van der Waals surface area contributed by atoms with Gasteiger partial charge in [0.25, 0.3) is 0 Å². The fraction of sp³-hybridized carbons (Fsp3) is 0.412. The molecule has 1 aliphatic heterocycles. The van der Waals surface area contributed by atoms with Crippen LogP contribution in [0.1, 0.15) is 43.9 Å². The molecule has 0 unspecified atom stereocenters. The lowest BCUT2D eigenvalue weighted by Crippen LogP contribution is -2.30. The Morgan fingerprint density at radius 1 is 1.35 bits per heavy atom. The molecule has 0 fully saturated rings. The Labute approximate surface area is 121 Å². The minimum absolute atomic E-state index is 0.0373. The van der Waals surface area contributed by atoms with E-state index in [4.69, 9.17) is 5.26 Å². The summed E-state index contributed by atoms with van der Waals surface area (Å²) in [5, 5.41) is 8.86. The van der Waals surface area contributed by atoms with Crippen LogP contribution in [-0.2, 0) is 11.2 Å². The van der Waals surface area contributed by atoms with E-state index in [-0.39, 0.29) is 11.0 Å². The molecule has 1 radical (unpaired) electrons. The first-order chi connectivity index (χ1) is 9.32. The average molecular weight is 264 g/mol. The second-order valence-corrected chi connectivity index (χ2v) is 6.36. The SMILES string of the molecule is CC1=C(Cc2ccc(C#N)cc2C)C(=O)[B]C(C)(C)C1. The fourth-order valence-corrected chi connectivity index (χ4v) is 2.89. The quantitative estimate of drug-likeness (QED) is 0.766. The number of rotatable bonds is 2. The van der Waals surface area contributed by atoms with Crippen LogP contribution in [0, 0.1) is 18.3 Å². The minimum Gasteiger partial charge on any atom is -0.307 e. The number of hydrogen-bond acceptors (Lipinski definition) is 2. The molecule has 1 aromatic rings. The zero-order valence-corrected chi connectivity index (χ0v) is 12.6. The number of nitriles is 1. The lowest BCUT2D eigenvalue weighted by Gasteiger charge is -2.30. The second kappa shape index (κ2) is 5.29. The first-order valence-corrected chi connectivity index (χ1v) is 6.91. The normalized spacial score (nSPS) is 17.6. The molecule has 2 nitrogen and oxygen atoms in total. The molecule has 0 aromatic heterocycles. The molecule has 0 aliphatic carbocycles. The Hall–Kier alpha value is -1.82. The zero-order valence-electron chi connectivity index (χ0n) is 12.6. The van der Waals surface area contributed by atoms with Crippen molar-refractivity contribution in [1.29, 1.82) is 5.26 Å². The Bertz CT molecular complexity index is 635. The van der Waals surface area contributed by atoms with Crippen LogP contribution in [0.3, 0.4) is 0 Å². The van der Waals surface area contributed by atoms with E-state index in [0.29, 0.717) is 12.0 Å². The molecule has 0 N–H and O–H groups in total. The van der Waals surface area contributed by atoms with Crippen LogP contribution >= 0.6 is 0 Å². The third-order valence-electron chi connectivity index (χ3n) is 3.89. The van der Waals surface area contributed by atoms with Crippen molar-refractivity contribution in [2.45, 2.75) is 45.9 Å². The van der Waals surface area contributed by atoms with E-state index in [1.54, 1.807) is 0 Å². The molecule has 1 aliphatic rings. The summed E-state index contributed by atoms with van der Waals surface area (Å²) in [4.78, 5) is 12.3. The topological polar surface area (TPSA) is 40.9 Å². The van der Waals surface area contributed by atoms with Crippen molar-refractivity contribution in [1.82, 2.24) is 0 Å². The van der Waals surface area contributed by atoms with Crippen LogP contribution in [0.5, 0.6) is 0 Å². The zero-order chi connectivity index (χ0) is 14.9. The number of aryl methyl sites for hydroxylation is 1. The lowest BCUT2D eigenvalue weighted by atomic mass is 9.45. The van der Waals surface area contributed by atoms with Crippen LogP contribution in [0.15, 0.2) is 29.3 Å². The van der Waals surface area contributed by atoms with Crippen molar-refractivity contribution >= 4 is 13.0 Å². The maximum Gasteiger partial charge on any atom is 0.215 e. The number of carbonyl (C=O) groups is 1. The lowest BCUT2D eigenvalue weighted by molar-refractivity contribution is -0.109. The van der Waals surface area contributed by atoms with E-state index in [2.05, 4.69) is 26.8 Å². The van der Waals surface area contributed by atoms with Gasteiger partial charge in [-0.3, -0.25) is 0 Å². The number of benzene rings is 1. The van der Waals surface area contributed by atoms with Crippen molar-refractivity contribution in [2.75, 3.05) is 0 Å². The summed E-state index contributed by atoms with van der Waals surface area (Å²) in [6, 6.07) is 7.80. The molecule has 0 amide bonds. The third-order valence-corrected chi connectivity index (χ3v) is 3.89. The van der Waals surface area contributed by atoms with Crippen molar-refractivity contribution < 1.29 is 4.79 Å². The Morgan fingerprint density at radius 3 is 2.60 bits per heavy atom. The molecular weight excluding hydrogens is 245 g/mol. The Kier molecular flexibility index (Phi) is 3.86. The maximum absolute atomic E-state index is 12.3. The molecule has 20 heavy (non-hydrogen) atoms. The van der Waals surface area contributed by atoms with Gasteiger partial charge in [0.2, 0.25) is 7.28 Å². The highest BCUT2D eigenvalue weighted by Gasteiger charge is 2.32. The molecule has 0 atom stereocenters. The number of carbonyl (C=O) groups excluding carboxylic acids is 1. The van der Waals surface area contributed by atoms with Gasteiger partial charge in [-0.15, -0.1) is 0 Å². The van der Waals surface area contributed by atoms with E-state index in [0.717, 1.165) is 23.1 Å². The monoisotopic (exact) mass is 264 g/mol. The van der Waals surface area contributed by atoms with E-state index in [1.165, 1.54) is 5.57 Å². The van der Waals surface area contributed by atoms with E-state index in [1.807, 2.05) is 32.4 Å². The molecule has 3 heteroatoms. The number of hydrogen-bond donors (Lipinski definition) is 0. The summed E-state index contributed by atoms with van der Waals surface area (Å²) in [6.45, 7) is 8.24. The molecule has 0 saturated heterocycles. The van der Waals surface area contributed by atoms with Gasteiger partial charge in [-0.1, -0.05) is 30.8 Å². The first-order valence-electron chi connectivity index (χ1n) is 6.91. The maximum atomic E-state index is 12.3. The smallest absolute Gasteiger partial charge is 0.215 e. The molecule has 2 rings (SSSR count). The summed E-state index contributed by atoms with van der Waals surface area (Å²) in [7, 11) is 1.84. The van der Waals surface area contributed by atoms with E-state index in [9.17, 15) is 4.79 Å². The van der Waals surface area contributed by atoms with Gasteiger partial charge in [0, 0.05) is 6.42 Å². The van der Waals surface area contributed by atoms with Gasteiger partial charge >= 0.3 is 0 Å². The molecule has 0 saturated carbocycles. The fourth-order valence-electron chi connectivity index (χ4n) is 2.89. The second-order valence-electron chi connectivity index (χ2n) is 6.36. The van der Waals surface area contributed by atoms with Crippen molar-refractivity contribution in [3.8, 4) is 6.07 Å². The van der Waals surface area contributed by atoms with Gasteiger partial charge in [-0.05, 0) is 49.1 Å². The van der Waals surface area contributed by atoms with Gasteiger partial charge in [0.1, 0.15) is 5.68 Å². The highest BCUT2D eigenvalue weighted by molar-refractivity contribution is 6.80. The van der Waals surface area contributed by atoms with Crippen LogP contribution < -0.4 is 0 Å². The standard InChI is InChI=1S/C17H19BNO/c1-11-7-13(10-19)5-6-14(11)8-15-12(2)9-17(3,4)18-16(15)20/h5-7H,8-9H2,1-4H3. The summed E-state index contributed by atoms with van der Waals surface area (Å²) in [5.41, 5.74) is 5.12. The molecule has 1 aromatic carbocycles. The highest BCUT2D eigenvalue weighted by Crippen LogP contribution is 2.38. The summed E-state index contributed by atoms with van der Waals surface area (Å²) < 4.78 is 0. The number of allylic oxidation sites excluding steroid dienone is 2. The summed E-state index contributed by atoms with van der Waals surface area (Å²) >= 11 is 0. The largest absolute Gasteiger partial charge is 0.307 e. The molecule has 0 spiro atoms. The van der Waals surface area contributed by atoms with Gasteiger partial charge in [-0.2, -0.15) is 5.26 Å². The number of nitrogens with zero attached hydrogens (tertiary/aromatic N) is 1. The van der Waals surface area contributed by atoms with Crippen LogP contribution in [0.2, 0.25) is 5.31 Å². The average Bonchev–Trinajstić information content (AvgIpc) is 2.34. The van der Waals surface area contributed by atoms with Gasteiger partial charge in [-0.25, -0.2) is 0 Å². The molecule has 1 heterocycles. The van der Waals surface area contributed by atoms with Crippen LogP contribution in [0.4, 0.5) is 0 Å². The van der Waals surface area contributed by atoms with Gasteiger partial charge < -0.3 is 4.79 Å². The predicted octanol–water partition coefficient (Wildman–Crippen LogP) is 3.56. The summed E-state index contributed by atoms with van der Waals surface area (Å²) in [6.07, 6.45) is 1.60. The van der Waals surface area contributed by atoms with Gasteiger partial charge in [0.05, 0.1) is 11.6 Å². The van der Waals surface area contributed by atoms with Crippen molar-refractivity contribution in [3.63, 3.8) is 0 Å². The van der Waals surface area contributed by atoms with Crippen LogP contribution in [0.25, 0.3) is 0 Å². The van der Waals surface area contributed by atoms with E-state index < -0.39 is 0 Å². The Balaban J connectivity index is 2.31. The van der Waals surface area contributed by atoms with Crippen LogP contribution in [-0.4, -0.2) is 13.0 Å². The van der Waals surface area contributed by atoms with Crippen molar-refractivity contribution in [3.05, 3.63) is 46.0 Å². The van der Waals surface area contributed by atoms with Gasteiger partial charge in [0.15, 0.2) is 0 Å². The minimum atomic E-state index is -0.0373. The highest BCUT2D eigenvalue weighted by atomic mass is 16.1. The Morgan fingerprint density at radius 2 is 2.05 bits per heavy atom. The molecule has 0 bridgehead atoms.